The van der Waals surface area contributed by atoms with E-state index in [1.807, 2.05) is 6.92 Å². The first-order valence-electron chi connectivity index (χ1n) is 20.1. The number of carbonyl (C=O) groups excluding carboxylic acids is 6. The highest BCUT2D eigenvalue weighted by atomic mass is 19.4. The van der Waals surface area contributed by atoms with Crippen LogP contribution in [0.1, 0.15) is 80.7 Å². The minimum Gasteiger partial charge on any atom is -0.464 e. The number of nitrogens with one attached hydrogen (secondary N) is 3. The second-order valence-corrected chi connectivity index (χ2v) is 15.4. The molecule has 0 spiro atoms. The number of amides is 2. The fraction of sp³-hybridized carbons (Fsp3) is 0.455. The molecule has 3 aromatic rings. The molecule has 0 aliphatic heterocycles. The zero-order valence-corrected chi connectivity index (χ0v) is 36.2. The molecule has 0 aliphatic rings. The highest BCUT2D eigenvalue weighted by Crippen LogP contribution is 2.43. The molecular formula is C44H55F3N4O12. The van der Waals surface area contributed by atoms with E-state index in [1.54, 1.807) is 58.9 Å². The Bertz CT molecular complexity index is 1950. The number of hydroxylamine groups is 3. The summed E-state index contributed by atoms with van der Waals surface area (Å²) >= 11 is 0. The van der Waals surface area contributed by atoms with Crippen molar-refractivity contribution in [3.05, 3.63) is 108 Å². The van der Waals surface area contributed by atoms with Gasteiger partial charge in [-0.2, -0.15) is 13.2 Å². The lowest BCUT2D eigenvalue weighted by Crippen LogP contribution is -2.58. The van der Waals surface area contributed by atoms with Gasteiger partial charge in [-0.15, -0.1) is 10.5 Å². The Morgan fingerprint density at radius 2 is 1.32 bits per heavy atom. The summed E-state index contributed by atoms with van der Waals surface area (Å²) in [7, 11) is 0.667. The maximum atomic E-state index is 15.0. The van der Waals surface area contributed by atoms with Crippen LogP contribution in [0.3, 0.4) is 0 Å². The maximum absolute atomic E-state index is 15.0. The summed E-state index contributed by atoms with van der Waals surface area (Å²) in [5.74, 6) is -6.18. The second-order valence-electron chi connectivity index (χ2n) is 15.4. The van der Waals surface area contributed by atoms with Crippen LogP contribution in [0, 0.1) is 5.92 Å². The molecule has 3 N–H and O–H groups in total. The Hall–Kier alpha value is -6.05. The summed E-state index contributed by atoms with van der Waals surface area (Å²) in [6.45, 7) is 7.58. The minimum atomic E-state index is -5.40. The number of benzene rings is 3. The first-order valence-corrected chi connectivity index (χ1v) is 20.1. The van der Waals surface area contributed by atoms with Crippen molar-refractivity contribution in [1.29, 1.82) is 0 Å². The first kappa shape index (κ1) is 51.3. The van der Waals surface area contributed by atoms with Gasteiger partial charge in [-0.25, -0.2) is 24.0 Å². The van der Waals surface area contributed by atoms with E-state index in [-0.39, 0.29) is 17.7 Å². The van der Waals surface area contributed by atoms with E-state index in [4.69, 9.17) is 28.6 Å². The van der Waals surface area contributed by atoms with Gasteiger partial charge in [0.25, 0.3) is 5.60 Å². The predicted octanol–water partition coefficient (Wildman–Crippen LogP) is 5.82. The summed E-state index contributed by atoms with van der Waals surface area (Å²) in [4.78, 5) is 91.6. The summed E-state index contributed by atoms with van der Waals surface area (Å²) in [6.07, 6.45) is -7.04. The molecule has 0 radical (unpaired) electrons. The van der Waals surface area contributed by atoms with Crippen molar-refractivity contribution in [3.63, 3.8) is 0 Å². The van der Waals surface area contributed by atoms with Gasteiger partial charge < -0.3 is 39.3 Å². The van der Waals surface area contributed by atoms with Crippen LogP contribution in [0.25, 0.3) is 0 Å². The maximum Gasteiger partial charge on any atom is 0.432 e. The molecule has 0 bridgehead atoms. The van der Waals surface area contributed by atoms with Gasteiger partial charge in [0.05, 0.1) is 37.4 Å². The summed E-state index contributed by atoms with van der Waals surface area (Å²) < 4.78 is 66.2. The van der Waals surface area contributed by atoms with Gasteiger partial charge in [0.1, 0.15) is 23.8 Å². The number of carbonyl (C=O) groups is 6. The number of nitrogens with zero attached hydrogens (tertiary/aromatic N) is 1. The monoisotopic (exact) mass is 888 g/mol. The van der Waals surface area contributed by atoms with E-state index >= 15 is 13.2 Å². The molecule has 3 aromatic carbocycles. The van der Waals surface area contributed by atoms with Gasteiger partial charge in [0, 0.05) is 12.7 Å². The molecule has 344 valence electrons. The number of ether oxygens (including phenoxy) is 4. The molecule has 0 saturated carbocycles. The lowest BCUT2D eigenvalue weighted by molar-refractivity contribution is -0.279. The zero-order chi connectivity index (χ0) is 46.8. The number of alkyl halides is 3. The topological polar surface area (TPSA) is 197 Å². The molecule has 63 heavy (non-hydrogen) atoms. The van der Waals surface area contributed by atoms with E-state index in [9.17, 15) is 28.8 Å². The number of unbranched alkanes of at least 4 members (excludes halogenated alkanes) is 1. The molecule has 0 aromatic heterocycles. The third kappa shape index (κ3) is 15.7. The van der Waals surface area contributed by atoms with Crippen molar-refractivity contribution < 1.29 is 70.6 Å². The molecule has 0 heterocycles. The quantitative estimate of drug-likeness (QED) is 0.0473. The molecule has 0 unspecified atom stereocenters. The number of hydrogen-bond donors (Lipinski definition) is 3. The number of halogens is 3. The van der Waals surface area contributed by atoms with E-state index in [1.165, 1.54) is 54.6 Å². The van der Waals surface area contributed by atoms with Gasteiger partial charge in [-0.1, -0.05) is 93.9 Å². The van der Waals surface area contributed by atoms with Crippen LogP contribution in [0.5, 0.6) is 0 Å². The second kappa shape index (κ2) is 24.0. The van der Waals surface area contributed by atoms with E-state index < -0.39 is 103 Å². The molecule has 2 amide bonds. The Balaban J connectivity index is 2.11. The standard InChI is InChI=1S/C44H55F3N4O12/c1-8-9-25-59-39(55)35(29(2)3)50-36(52)34(49-41(57)61-42(4,5)6)28-51(63-38(54)31-21-15-11-16-22-31)27-33(26-48-62-37(53)30-19-13-10-14-20-30)60-40(56)43(58-7,44(45,46)47)32-23-17-12-18-24-32/h10-24,29,33-35,48H,8-9,25-28H2,1-7H3,(H,49,57)(H,50,52)/t33-,34-,35-,43-/m0/s1. The predicted molar refractivity (Wildman–Crippen MR) is 220 cm³/mol. The molecule has 3 rings (SSSR count). The van der Waals surface area contributed by atoms with Crippen molar-refractivity contribution in [2.75, 3.05) is 33.4 Å². The van der Waals surface area contributed by atoms with Gasteiger partial charge >= 0.3 is 36.1 Å². The van der Waals surface area contributed by atoms with E-state index in [0.29, 0.717) is 13.5 Å². The number of esters is 2. The SMILES string of the molecule is CCCCOC(=O)[C@@H](NC(=O)[C@H](CN(C[C@H](CNOC(=O)c1ccccc1)OC(=O)[C@@](OC)(c1ccccc1)C(F)(F)F)OC(=O)c1ccccc1)NC(=O)OC(C)(C)C)C(C)C. The molecule has 19 heteroatoms. The van der Waals surface area contributed by atoms with E-state index in [0.717, 1.165) is 23.6 Å². The molecular weight excluding hydrogens is 833 g/mol. The molecule has 16 nitrogen and oxygen atoms in total. The highest BCUT2D eigenvalue weighted by Gasteiger charge is 2.64. The molecule has 0 aliphatic carbocycles. The Kier molecular flexibility index (Phi) is 19.5. The van der Waals surface area contributed by atoms with Crippen LogP contribution in [-0.2, 0) is 48.6 Å². The van der Waals surface area contributed by atoms with Crippen LogP contribution >= 0.6 is 0 Å². The number of hydrogen-bond acceptors (Lipinski definition) is 14. The van der Waals surface area contributed by atoms with Crippen LogP contribution in [-0.4, -0.2) is 104 Å². The number of rotatable bonds is 22. The van der Waals surface area contributed by atoms with Gasteiger partial charge in [-0.05, 0) is 57.4 Å². The average Bonchev–Trinajstić information content (AvgIpc) is 3.22. The minimum absolute atomic E-state index is 0.0127. The molecule has 0 saturated heterocycles. The lowest BCUT2D eigenvalue weighted by atomic mass is 9.92. The van der Waals surface area contributed by atoms with Gasteiger partial charge in [0.15, 0.2) is 0 Å². The zero-order valence-electron chi connectivity index (χ0n) is 36.2. The number of alkyl carbamates (subject to hydrolysis) is 1. The summed E-state index contributed by atoms with van der Waals surface area (Å²) in [5, 5.41) is 5.72. The molecule has 0 fully saturated rings. The Labute approximate surface area is 363 Å². The third-order valence-corrected chi connectivity index (χ3v) is 8.92. The molecule has 4 atom stereocenters. The van der Waals surface area contributed by atoms with Crippen molar-refractivity contribution in [2.45, 2.75) is 90.0 Å². The Morgan fingerprint density at radius 3 is 1.83 bits per heavy atom. The van der Waals surface area contributed by atoms with Crippen molar-refractivity contribution in [3.8, 4) is 0 Å². The van der Waals surface area contributed by atoms with Gasteiger partial charge in [-0.3, -0.25) is 4.79 Å². The third-order valence-electron chi connectivity index (χ3n) is 8.92. The van der Waals surface area contributed by atoms with Crippen LogP contribution in [0.4, 0.5) is 18.0 Å². The highest BCUT2D eigenvalue weighted by molar-refractivity contribution is 5.91. The van der Waals surface area contributed by atoms with Crippen LogP contribution in [0.15, 0.2) is 91.0 Å². The first-order chi connectivity index (χ1) is 29.7. The normalized spacial score (nSPS) is 14.0. The van der Waals surface area contributed by atoms with Crippen LogP contribution in [0.2, 0.25) is 0 Å². The van der Waals surface area contributed by atoms with Crippen LogP contribution < -0.4 is 16.1 Å². The number of methoxy groups -OCH3 is 1. The summed E-state index contributed by atoms with van der Waals surface area (Å²) in [6, 6.07) is 18.1. The largest absolute Gasteiger partial charge is 0.464 e. The van der Waals surface area contributed by atoms with Crippen molar-refractivity contribution in [1.82, 2.24) is 21.2 Å². The van der Waals surface area contributed by atoms with Crippen molar-refractivity contribution in [2.24, 2.45) is 5.92 Å². The van der Waals surface area contributed by atoms with E-state index in [2.05, 4.69) is 16.1 Å². The van der Waals surface area contributed by atoms with Gasteiger partial charge in [0.2, 0.25) is 5.91 Å². The fourth-order valence-electron chi connectivity index (χ4n) is 5.72. The summed E-state index contributed by atoms with van der Waals surface area (Å²) in [5.41, 5.74) is -3.01. The smallest absolute Gasteiger partial charge is 0.432 e. The lowest BCUT2D eigenvalue weighted by Gasteiger charge is -2.35. The van der Waals surface area contributed by atoms with Crippen molar-refractivity contribution >= 4 is 35.9 Å². The average molecular weight is 889 g/mol. The fourth-order valence-corrected chi connectivity index (χ4v) is 5.72. The Morgan fingerprint density at radius 1 is 0.762 bits per heavy atom.